The van der Waals surface area contributed by atoms with Gasteiger partial charge in [-0.2, -0.15) is 0 Å². The number of esters is 1. The number of methoxy groups -OCH3 is 1. The van der Waals surface area contributed by atoms with Crippen molar-refractivity contribution in [2.24, 2.45) is 0 Å². The summed E-state index contributed by atoms with van der Waals surface area (Å²) in [5, 5.41) is 4.44. The number of amides is 1. The number of rotatable bonds is 7. The third-order valence-electron chi connectivity index (χ3n) is 6.84. The molecule has 0 unspecified atom stereocenters. The summed E-state index contributed by atoms with van der Waals surface area (Å²) < 4.78 is 6.58. The minimum Gasteiger partial charge on any atom is -0.465 e. The van der Waals surface area contributed by atoms with E-state index in [9.17, 15) is 14.4 Å². The molecule has 0 saturated carbocycles. The summed E-state index contributed by atoms with van der Waals surface area (Å²) in [5.41, 5.74) is 3.79. The predicted molar refractivity (Wildman–Crippen MR) is 162 cm³/mol. The third kappa shape index (κ3) is 4.76. The molecule has 1 aliphatic carbocycles. The maximum atomic E-state index is 14.1. The number of ether oxygens (including phenoxy) is 1. The van der Waals surface area contributed by atoms with Gasteiger partial charge in [0.2, 0.25) is 5.91 Å². The highest BCUT2D eigenvalue weighted by Gasteiger charge is 2.28. The summed E-state index contributed by atoms with van der Waals surface area (Å²) in [6.07, 6.45) is 2.70. The molecule has 6 rings (SSSR count). The van der Waals surface area contributed by atoms with Crippen LogP contribution < -0.4 is 10.9 Å². The number of nitrogens with zero attached hydrogens (tertiary/aromatic N) is 2. The topological polar surface area (TPSA) is 90.3 Å². The zero-order valence-corrected chi connectivity index (χ0v) is 24.3. The molecule has 3 heterocycles. The summed E-state index contributed by atoms with van der Waals surface area (Å²) in [6, 6.07) is 19.2. The summed E-state index contributed by atoms with van der Waals surface area (Å²) in [6.45, 7) is 2.00. The Bertz CT molecular complexity index is 1810. The highest BCUT2D eigenvalue weighted by atomic mass is 32.2. The Hall–Kier alpha value is -3.73. The number of benzene rings is 2. The van der Waals surface area contributed by atoms with Crippen molar-refractivity contribution >= 4 is 61.5 Å². The molecule has 0 aliphatic heterocycles. The van der Waals surface area contributed by atoms with Crippen molar-refractivity contribution in [2.75, 3.05) is 18.2 Å². The van der Waals surface area contributed by atoms with Crippen molar-refractivity contribution in [3.05, 3.63) is 91.9 Å². The molecule has 0 bridgehead atoms. The smallest absolute Gasteiger partial charge is 0.341 e. The second kappa shape index (κ2) is 11.0. The first-order valence-corrected chi connectivity index (χ1v) is 15.4. The van der Waals surface area contributed by atoms with E-state index in [0.29, 0.717) is 31.6 Å². The van der Waals surface area contributed by atoms with Crippen molar-refractivity contribution in [1.29, 1.82) is 0 Å². The van der Waals surface area contributed by atoms with Gasteiger partial charge >= 0.3 is 5.97 Å². The van der Waals surface area contributed by atoms with Crippen LogP contribution in [0.3, 0.4) is 0 Å². The van der Waals surface area contributed by atoms with Gasteiger partial charge in [0.05, 0.1) is 29.5 Å². The lowest BCUT2D eigenvalue weighted by Crippen LogP contribution is -2.23. The minimum absolute atomic E-state index is 0.0177. The lowest BCUT2D eigenvalue weighted by molar-refractivity contribution is -0.113. The van der Waals surface area contributed by atoms with E-state index in [4.69, 9.17) is 9.72 Å². The van der Waals surface area contributed by atoms with Crippen LogP contribution >= 0.6 is 34.4 Å². The van der Waals surface area contributed by atoms with E-state index < -0.39 is 5.97 Å². The van der Waals surface area contributed by atoms with Gasteiger partial charge in [0.25, 0.3) is 5.56 Å². The average molecular weight is 588 g/mol. The van der Waals surface area contributed by atoms with Crippen LogP contribution in [0.15, 0.2) is 70.6 Å². The van der Waals surface area contributed by atoms with E-state index in [-0.39, 0.29) is 17.2 Å². The van der Waals surface area contributed by atoms with Crippen LogP contribution in [0.1, 0.15) is 32.1 Å². The lowest BCUT2D eigenvalue weighted by atomic mass is 10.0. The molecule has 0 atom stereocenters. The third-order valence-corrected chi connectivity index (χ3v) is 9.99. The second-order valence-electron chi connectivity index (χ2n) is 9.34. The van der Waals surface area contributed by atoms with Crippen molar-refractivity contribution in [2.45, 2.75) is 31.3 Å². The van der Waals surface area contributed by atoms with E-state index >= 15 is 0 Å². The van der Waals surface area contributed by atoms with Gasteiger partial charge in [-0.3, -0.25) is 14.2 Å². The van der Waals surface area contributed by atoms with E-state index in [1.165, 1.54) is 41.5 Å². The zero-order valence-electron chi connectivity index (χ0n) is 21.9. The molecule has 1 aliphatic rings. The number of thioether (sulfide) groups is 1. The van der Waals surface area contributed by atoms with E-state index in [0.717, 1.165) is 45.7 Å². The maximum Gasteiger partial charge on any atom is 0.341 e. The molecule has 5 aromatic rings. The Kier molecular flexibility index (Phi) is 7.31. The normalized spacial score (nSPS) is 12.4. The number of carbonyl (C=O) groups is 2. The molecule has 10 heteroatoms. The summed E-state index contributed by atoms with van der Waals surface area (Å²) >= 11 is 4.11. The number of hydrogen-bond acceptors (Lipinski definition) is 8. The van der Waals surface area contributed by atoms with Gasteiger partial charge in [-0.05, 0) is 49.4 Å². The van der Waals surface area contributed by atoms with E-state index in [1.807, 2.05) is 67.6 Å². The van der Waals surface area contributed by atoms with Gasteiger partial charge in [0, 0.05) is 15.3 Å². The molecular formula is C30H25N3O4S3. The van der Waals surface area contributed by atoms with E-state index in [1.54, 1.807) is 4.57 Å². The van der Waals surface area contributed by atoms with Crippen molar-refractivity contribution in [3.63, 3.8) is 0 Å². The van der Waals surface area contributed by atoms with Crippen molar-refractivity contribution in [1.82, 2.24) is 9.55 Å². The van der Waals surface area contributed by atoms with Crippen LogP contribution in [0.5, 0.6) is 0 Å². The standard InChI is InChI=1S/C30H25N3O4S3/c1-17-23(18-10-5-3-6-11-18)25-27(39-17)32-30(33(28(25)35)19-12-7-4-8-13-19)38-16-22(34)31-26-24(29(36)37-2)20-14-9-15-21(20)40-26/h3-8,10-13H,9,14-16H2,1-2H3,(H,31,34). The Labute approximate surface area is 242 Å². The average Bonchev–Trinajstić information content (AvgIpc) is 3.65. The first-order chi connectivity index (χ1) is 19.5. The first kappa shape index (κ1) is 26.5. The van der Waals surface area contributed by atoms with Gasteiger partial charge < -0.3 is 10.1 Å². The number of nitrogens with one attached hydrogen (secondary N) is 1. The molecule has 0 spiro atoms. The molecule has 202 valence electrons. The van der Waals surface area contributed by atoms with Gasteiger partial charge in [0.1, 0.15) is 9.83 Å². The molecule has 1 N–H and O–H groups in total. The summed E-state index contributed by atoms with van der Waals surface area (Å²) in [7, 11) is 1.35. The molecule has 0 radical (unpaired) electrons. The van der Waals surface area contributed by atoms with Gasteiger partial charge in [0.15, 0.2) is 5.16 Å². The molecule has 2 aromatic carbocycles. The number of para-hydroxylation sites is 1. The molecule has 40 heavy (non-hydrogen) atoms. The highest BCUT2D eigenvalue weighted by Crippen LogP contribution is 2.40. The van der Waals surface area contributed by atoms with Crippen LogP contribution in [0.2, 0.25) is 0 Å². The van der Waals surface area contributed by atoms with Crippen LogP contribution in [0.4, 0.5) is 5.00 Å². The fourth-order valence-corrected chi connectivity index (χ4v) is 8.29. The molecule has 0 saturated heterocycles. The Balaban J connectivity index is 1.36. The Morgan fingerprint density at radius 2 is 1.77 bits per heavy atom. The maximum absolute atomic E-state index is 14.1. The lowest BCUT2D eigenvalue weighted by Gasteiger charge is -2.13. The van der Waals surface area contributed by atoms with Crippen molar-refractivity contribution < 1.29 is 14.3 Å². The van der Waals surface area contributed by atoms with Gasteiger partial charge in [-0.1, -0.05) is 60.3 Å². The predicted octanol–water partition coefficient (Wildman–Crippen LogP) is 6.49. The van der Waals surface area contributed by atoms with Crippen molar-refractivity contribution in [3.8, 4) is 16.8 Å². The molecule has 0 fully saturated rings. The number of carbonyl (C=O) groups excluding carboxylic acids is 2. The summed E-state index contributed by atoms with van der Waals surface area (Å²) in [4.78, 5) is 47.4. The Morgan fingerprint density at radius 1 is 1.05 bits per heavy atom. The van der Waals surface area contributed by atoms with Crippen LogP contribution in [-0.4, -0.2) is 34.3 Å². The number of fused-ring (bicyclic) bond motifs is 2. The van der Waals surface area contributed by atoms with Crippen LogP contribution in [0.25, 0.3) is 27.0 Å². The summed E-state index contributed by atoms with van der Waals surface area (Å²) in [5.74, 6) is -0.699. The Morgan fingerprint density at radius 3 is 2.50 bits per heavy atom. The van der Waals surface area contributed by atoms with Gasteiger partial charge in [-0.15, -0.1) is 22.7 Å². The largest absolute Gasteiger partial charge is 0.465 e. The zero-order chi connectivity index (χ0) is 27.8. The fourth-order valence-electron chi connectivity index (χ4n) is 5.10. The minimum atomic E-state index is -0.435. The van der Waals surface area contributed by atoms with Crippen LogP contribution in [0, 0.1) is 6.92 Å². The number of anilines is 1. The quantitative estimate of drug-likeness (QED) is 0.133. The molecular weight excluding hydrogens is 563 g/mol. The fraction of sp³-hybridized carbons (Fsp3) is 0.200. The number of aryl methyl sites for hydroxylation is 2. The first-order valence-electron chi connectivity index (χ1n) is 12.8. The van der Waals surface area contributed by atoms with Crippen LogP contribution in [-0.2, 0) is 22.4 Å². The highest BCUT2D eigenvalue weighted by molar-refractivity contribution is 7.99. The number of hydrogen-bond donors (Lipinski definition) is 1. The molecule has 1 amide bonds. The van der Waals surface area contributed by atoms with E-state index in [2.05, 4.69) is 5.32 Å². The SMILES string of the molecule is COC(=O)c1c(NC(=O)CSc2nc3sc(C)c(-c4ccccc4)c3c(=O)n2-c2ccccc2)sc2c1CCC2. The second-order valence-corrected chi connectivity index (χ2v) is 12.6. The molecule has 3 aromatic heterocycles. The monoisotopic (exact) mass is 587 g/mol. The molecule has 7 nitrogen and oxygen atoms in total. The number of thiophene rings is 2. The number of aromatic nitrogens is 2. The van der Waals surface area contributed by atoms with Gasteiger partial charge in [-0.25, -0.2) is 9.78 Å².